The van der Waals surface area contributed by atoms with Gasteiger partial charge in [0.05, 0.1) is 25.4 Å². The first-order valence-corrected chi connectivity index (χ1v) is 16.4. The first-order chi connectivity index (χ1) is 22.9. The number of halogens is 3. The number of nitrogens with one attached hydrogen (secondary N) is 1. The number of unbranched alkanes of at least 4 members (excludes halogenated alkanes) is 7. The molecule has 0 bridgehead atoms. The summed E-state index contributed by atoms with van der Waals surface area (Å²) in [5, 5.41) is 62.2. The lowest BCUT2D eigenvalue weighted by Crippen LogP contribution is -2.60. The molecule has 2 unspecified atom stereocenters. The van der Waals surface area contributed by atoms with E-state index in [2.05, 4.69) is 5.32 Å². The molecule has 48 heavy (non-hydrogen) atoms. The minimum Gasteiger partial charge on any atom is -0.454 e. The van der Waals surface area contributed by atoms with Crippen LogP contribution in [-0.4, -0.2) is 98.7 Å². The highest BCUT2D eigenvalue weighted by Crippen LogP contribution is 2.27. The van der Waals surface area contributed by atoms with Crippen LogP contribution in [0.25, 0.3) is 0 Å². The van der Waals surface area contributed by atoms with Gasteiger partial charge in [0.1, 0.15) is 36.3 Å². The van der Waals surface area contributed by atoms with E-state index in [0.29, 0.717) is 24.3 Å². The van der Waals surface area contributed by atoms with Gasteiger partial charge in [-0.25, -0.2) is 13.2 Å². The van der Waals surface area contributed by atoms with E-state index < -0.39 is 73.0 Å². The highest BCUT2D eigenvalue weighted by molar-refractivity contribution is 5.76. The summed E-state index contributed by atoms with van der Waals surface area (Å²) in [6.45, 7) is 0.340. The van der Waals surface area contributed by atoms with Crippen molar-refractivity contribution in [1.29, 1.82) is 0 Å². The smallest absolute Gasteiger partial charge is 0.220 e. The number of rotatable bonds is 20. The van der Waals surface area contributed by atoms with Crippen LogP contribution in [0.4, 0.5) is 13.2 Å². The molecule has 8 atom stereocenters. The largest absolute Gasteiger partial charge is 0.454 e. The third-order valence-electron chi connectivity index (χ3n) is 8.29. The van der Waals surface area contributed by atoms with Gasteiger partial charge in [0.25, 0.3) is 0 Å². The molecule has 1 fully saturated rings. The van der Waals surface area contributed by atoms with Gasteiger partial charge in [0.15, 0.2) is 29.5 Å². The van der Waals surface area contributed by atoms with Gasteiger partial charge in [0, 0.05) is 18.6 Å². The van der Waals surface area contributed by atoms with Crippen LogP contribution in [0.1, 0.15) is 70.3 Å². The summed E-state index contributed by atoms with van der Waals surface area (Å²) in [6, 6.07) is 7.09. The molecule has 1 aliphatic rings. The maximum Gasteiger partial charge on any atom is 0.220 e. The number of aliphatic hydroxyl groups is 6. The summed E-state index contributed by atoms with van der Waals surface area (Å²) in [5.74, 6) is -3.87. The average molecular weight is 688 g/mol. The summed E-state index contributed by atoms with van der Waals surface area (Å²) < 4.78 is 56.3. The van der Waals surface area contributed by atoms with Gasteiger partial charge in [-0.05, 0) is 43.9 Å². The lowest BCUT2D eigenvalue weighted by atomic mass is 9.99. The number of amides is 1. The fraction of sp³-hybridized carbons (Fsp3) is 0.618. The SMILES string of the molecule is C[C@@H](O)[C@@H](O)[C@H](CO[C@H]1OC(CO)[C@H](O)C(O)[C@H]1O)NC(=O)CCCCCCCCCCc1ccc(Oc2cc(F)c(F)cc2F)cc1. The molecule has 2 aromatic carbocycles. The molecule has 1 heterocycles. The standard InChI is InChI=1S/C34H48F3NO10/c1-20(40)30(42)26(19-46-34-33(45)32(44)31(43)28(18-39)48-34)38-29(41)11-9-7-5-3-2-4-6-8-10-21-12-14-22(15-13-21)47-27-17-24(36)23(35)16-25(27)37/h12-17,20,26,28,30-34,39-40,42-45H,2-11,18-19H2,1H3,(H,38,41)/t20-,26+,28?,30-,31+,32?,33-,34+/m1/s1. The van der Waals surface area contributed by atoms with E-state index in [4.69, 9.17) is 14.2 Å². The van der Waals surface area contributed by atoms with Crippen molar-refractivity contribution in [3.05, 3.63) is 59.4 Å². The van der Waals surface area contributed by atoms with Gasteiger partial charge < -0.3 is 50.2 Å². The third-order valence-corrected chi connectivity index (χ3v) is 8.29. The van der Waals surface area contributed by atoms with Crippen LogP contribution < -0.4 is 10.1 Å². The Hall–Kier alpha value is -2.82. The number of benzene rings is 2. The second kappa shape index (κ2) is 20.0. The summed E-state index contributed by atoms with van der Waals surface area (Å²) in [4.78, 5) is 12.6. The fourth-order valence-electron chi connectivity index (χ4n) is 5.35. The van der Waals surface area contributed by atoms with Crippen molar-refractivity contribution in [3.63, 3.8) is 0 Å². The third kappa shape index (κ3) is 12.3. The van der Waals surface area contributed by atoms with Gasteiger partial charge in [-0.3, -0.25) is 4.79 Å². The number of aryl methyl sites for hydroxylation is 1. The van der Waals surface area contributed by atoms with Crippen molar-refractivity contribution in [2.75, 3.05) is 13.2 Å². The minimum absolute atomic E-state index is 0.197. The van der Waals surface area contributed by atoms with Crippen molar-refractivity contribution < 1.29 is 62.8 Å². The molecule has 0 aliphatic carbocycles. The number of ether oxygens (including phenoxy) is 3. The Morgan fingerprint density at radius 2 is 1.46 bits per heavy atom. The maximum atomic E-state index is 13.8. The first kappa shape index (κ1) is 39.6. The number of carbonyl (C=O) groups is 1. The molecule has 0 spiro atoms. The quantitative estimate of drug-likeness (QED) is 0.0809. The molecule has 1 saturated heterocycles. The zero-order valence-corrected chi connectivity index (χ0v) is 27.0. The molecule has 0 radical (unpaired) electrons. The predicted octanol–water partition coefficient (Wildman–Crippen LogP) is 2.99. The van der Waals surface area contributed by atoms with Crippen LogP contribution >= 0.6 is 0 Å². The summed E-state index contributed by atoms with van der Waals surface area (Å²) in [6.07, 6.45) is -1.42. The van der Waals surface area contributed by atoms with Crippen LogP contribution in [0.5, 0.6) is 11.5 Å². The van der Waals surface area contributed by atoms with Gasteiger partial charge in [-0.1, -0.05) is 50.7 Å². The molecular weight excluding hydrogens is 639 g/mol. The second-order valence-electron chi connectivity index (χ2n) is 12.2. The van der Waals surface area contributed by atoms with Crippen LogP contribution in [0.3, 0.4) is 0 Å². The molecule has 3 rings (SSSR count). The van der Waals surface area contributed by atoms with Gasteiger partial charge in [-0.15, -0.1) is 0 Å². The van der Waals surface area contributed by atoms with E-state index in [1.165, 1.54) is 6.92 Å². The van der Waals surface area contributed by atoms with E-state index in [1.54, 1.807) is 12.1 Å². The van der Waals surface area contributed by atoms with E-state index in [1.807, 2.05) is 12.1 Å². The lowest BCUT2D eigenvalue weighted by molar-refractivity contribution is -0.303. The van der Waals surface area contributed by atoms with Crippen molar-refractivity contribution in [2.45, 2.75) is 120 Å². The van der Waals surface area contributed by atoms with Crippen molar-refractivity contribution in [2.24, 2.45) is 0 Å². The fourth-order valence-corrected chi connectivity index (χ4v) is 5.35. The number of aliphatic hydroxyl groups excluding tert-OH is 6. The van der Waals surface area contributed by atoms with Crippen molar-refractivity contribution in [3.8, 4) is 11.5 Å². The molecule has 270 valence electrons. The first-order valence-electron chi connectivity index (χ1n) is 16.4. The average Bonchev–Trinajstić information content (AvgIpc) is 3.06. The van der Waals surface area contributed by atoms with E-state index in [0.717, 1.165) is 56.9 Å². The zero-order valence-electron chi connectivity index (χ0n) is 27.0. The molecule has 1 amide bonds. The lowest BCUT2D eigenvalue weighted by Gasteiger charge is -2.40. The molecule has 7 N–H and O–H groups in total. The van der Waals surface area contributed by atoms with Crippen LogP contribution in [-0.2, 0) is 20.7 Å². The Morgan fingerprint density at radius 3 is 2.08 bits per heavy atom. The second-order valence-corrected chi connectivity index (χ2v) is 12.2. The molecular formula is C34H48F3NO10. The van der Waals surface area contributed by atoms with Gasteiger partial charge >= 0.3 is 0 Å². The number of hydrogen-bond donors (Lipinski definition) is 7. The van der Waals surface area contributed by atoms with Crippen LogP contribution in [0, 0.1) is 17.5 Å². The topological polar surface area (TPSA) is 178 Å². The number of carbonyl (C=O) groups excluding carboxylic acids is 1. The van der Waals surface area contributed by atoms with E-state index >= 15 is 0 Å². The Kier molecular flexibility index (Phi) is 16.5. The highest BCUT2D eigenvalue weighted by atomic mass is 19.2. The van der Waals surface area contributed by atoms with Gasteiger partial charge in [-0.2, -0.15) is 0 Å². The summed E-state index contributed by atoms with van der Waals surface area (Å²) >= 11 is 0. The Labute approximate surface area is 278 Å². The molecule has 0 saturated carbocycles. The molecule has 11 nitrogen and oxygen atoms in total. The predicted molar refractivity (Wildman–Crippen MR) is 167 cm³/mol. The van der Waals surface area contributed by atoms with Crippen LogP contribution in [0.15, 0.2) is 36.4 Å². The van der Waals surface area contributed by atoms with E-state index in [9.17, 15) is 48.6 Å². The van der Waals surface area contributed by atoms with Crippen LogP contribution in [0.2, 0.25) is 0 Å². The molecule has 14 heteroatoms. The Balaban J connectivity index is 1.26. The van der Waals surface area contributed by atoms with Crippen molar-refractivity contribution >= 4 is 5.91 Å². The Bertz CT molecular complexity index is 1250. The molecule has 1 aliphatic heterocycles. The highest BCUT2D eigenvalue weighted by Gasteiger charge is 2.44. The summed E-state index contributed by atoms with van der Waals surface area (Å²) in [5.41, 5.74) is 1.08. The summed E-state index contributed by atoms with van der Waals surface area (Å²) in [7, 11) is 0. The van der Waals surface area contributed by atoms with Gasteiger partial charge in [0.2, 0.25) is 5.91 Å². The molecule has 0 aromatic heterocycles. The Morgan fingerprint density at radius 1 is 0.854 bits per heavy atom. The maximum absolute atomic E-state index is 13.8. The molecule has 2 aromatic rings. The van der Waals surface area contributed by atoms with Crippen molar-refractivity contribution in [1.82, 2.24) is 5.32 Å². The van der Waals surface area contributed by atoms with E-state index in [-0.39, 0.29) is 24.7 Å². The zero-order chi connectivity index (χ0) is 35.2. The normalized spacial score (nSPS) is 23.0. The number of hydrogen-bond acceptors (Lipinski definition) is 10. The monoisotopic (exact) mass is 687 g/mol. The minimum atomic E-state index is -1.64.